The van der Waals surface area contributed by atoms with Crippen LogP contribution in [0, 0.1) is 6.92 Å². The summed E-state index contributed by atoms with van der Waals surface area (Å²) in [6, 6.07) is 13.8. The lowest BCUT2D eigenvalue weighted by atomic mass is 10.1. The molecule has 1 aliphatic heterocycles. The van der Waals surface area contributed by atoms with E-state index in [-0.39, 0.29) is 11.9 Å². The van der Waals surface area contributed by atoms with E-state index >= 15 is 0 Å². The van der Waals surface area contributed by atoms with E-state index in [0.29, 0.717) is 11.4 Å². The van der Waals surface area contributed by atoms with Gasteiger partial charge in [-0.3, -0.25) is 4.79 Å². The molecule has 3 rings (SSSR count). The van der Waals surface area contributed by atoms with Gasteiger partial charge in [0.1, 0.15) is 5.75 Å². The molecule has 1 amide bonds. The van der Waals surface area contributed by atoms with Gasteiger partial charge in [0.25, 0.3) is 0 Å². The van der Waals surface area contributed by atoms with Crippen LogP contribution in [0.15, 0.2) is 42.5 Å². The Bertz CT molecular complexity index is 746. The molecule has 0 bridgehead atoms. The van der Waals surface area contributed by atoms with Crippen LogP contribution >= 0.6 is 11.6 Å². The summed E-state index contributed by atoms with van der Waals surface area (Å²) in [5.74, 6) is 0.866. The van der Waals surface area contributed by atoms with Crippen LogP contribution in [0.4, 0.5) is 5.69 Å². The van der Waals surface area contributed by atoms with Crippen molar-refractivity contribution in [2.45, 2.75) is 25.8 Å². The molecule has 1 heterocycles. The number of hydrogen-bond donors (Lipinski definition) is 1. The van der Waals surface area contributed by atoms with Crippen LogP contribution in [0.2, 0.25) is 5.02 Å². The van der Waals surface area contributed by atoms with Crippen molar-refractivity contribution in [3.63, 3.8) is 0 Å². The second kappa shape index (κ2) is 7.79. The number of benzene rings is 2. The topological polar surface area (TPSA) is 41.6 Å². The fourth-order valence-corrected chi connectivity index (χ4v) is 3.34. The van der Waals surface area contributed by atoms with Gasteiger partial charge in [-0.1, -0.05) is 41.4 Å². The van der Waals surface area contributed by atoms with Gasteiger partial charge in [-0.2, -0.15) is 0 Å². The minimum absolute atomic E-state index is 0.0637. The Labute approximate surface area is 153 Å². The molecule has 1 aliphatic rings. The van der Waals surface area contributed by atoms with Crippen molar-refractivity contribution in [3.05, 3.63) is 58.6 Å². The monoisotopic (exact) mass is 358 g/mol. The molecular formula is C20H23ClN2O2. The van der Waals surface area contributed by atoms with Crippen LogP contribution in [0.3, 0.4) is 0 Å². The first-order valence-electron chi connectivity index (χ1n) is 8.48. The van der Waals surface area contributed by atoms with E-state index in [9.17, 15) is 4.79 Å². The lowest BCUT2D eigenvalue weighted by Gasteiger charge is -2.21. The number of anilines is 1. The van der Waals surface area contributed by atoms with Crippen molar-refractivity contribution in [1.29, 1.82) is 0 Å². The van der Waals surface area contributed by atoms with Crippen LogP contribution in [0.25, 0.3) is 0 Å². The maximum Gasteiger partial charge on any atom is 0.224 e. The second-order valence-electron chi connectivity index (χ2n) is 6.48. The maximum absolute atomic E-state index is 12.3. The van der Waals surface area contributed by atoms with Crippen molar-refractivity contribution in [3.8, 4) is 5.75 Å². The van der Waals surface area contributed by atoms with E-state index in [2.05, 4.69) is 10.2 Å². The minimum Gasteiger partial charge on any atom is -0.495 e. The van der Waals surface area contributed by atoms with Crippen molar-refractivity contribution in [2.24, 2.45) is 0 Å². The summed E-state index contributed by atoms with van der Waals surface area (Å²) < 4.78 is 5.43. The van der Waals surface area contributed by atoms with Crippen LogP contribution in [-0.4, -0.2) is 32.1 Å². The number of aryl methyl sites for hydroxylation is 1. The molecule has 0 radical (unpaired) electrons. The van der Waals surface area contributed by atoms with Gasteiger partial charge in [-0.05, 0) is 37.1 Å². The average molecular weight is 359 g/mol. The molecule has 2 aromatic rings. The molecule has 4 nitrogen and oxygen atoms in total. The summed E-state index contributed by atoms with van der Waals surface area (Å²) in [5.41, 5.74) is 3.21. The minimum atomic E-state index is 0.0637. The predicted molar refractivity (Wildman–Crippen MR) is 102 cm³/mol. The van der Waals surface area contributed by atoms with Gasteiger partial charge in [0.15, 0.2) is 0 Å². The van der Waals surface area contributed by atoms with Crippen molar-refractivity contribution >= 4 is 23.2 Å². The fraction of sp³-hybridized carbons (Fsp3) is 0.350. The van der Waals surface area contributed by atoms with Crippen LogP contribution < -0.4 is 15.0 Å². The van der Waals surface area contributed by atoms with E-state index in [1.54, 1.807) is 7.11 Å². The Kier molecular flexibility index (Phi) is 5.49. The molecule has 0 aromatic heterocycles. The highest BCUT2D eigenvalue weighted by Crippen LogP contribution is 2.33. The number of ether oxygens (including phenoxy) is 1. The number of methoxy groups -OCH3 is 1. The number of halogens is 1. The molecule has 1 saturated heterocycles. The Morgan fingerprint density at radius 3 is 2.76 bits per heavy atom. The normalized spacial score (nSPS) is 16.8. The van der Waals surface area contributed by atoms with E-state index < -0.39 is 0 Å². The molecule has 2 aromatic carbocycles. The van der Waals surface area contributed by atoms with E-state index in [4.69, 9.17) is 16.3 Å². The number of carbonyl (C=O) groups is 1. The Morgan fingerprint density at radius 1 is 1.28 bits per heavy atom. The Morgan fingerprint density at radius 2 is 2.04 bits per heavy atom. The molecule has 0 saturated carbocycles. The maximum atomic E-state index is 12.3. The average Bonchev–Trinajstić information content (AvgIpc) is 3.05. The van der Waals surface area contributed by atoms with Gasteiger partial charge in [0.2, 0.25) is 5.91 Å². The van der Waals surface area contributed by atoms with Crippen molar-refractivity contribution in [2.75, 3.05) is 25.1 Å². The summed E-state index contributed by atoms with van der Waals surface area (Å²) in [5, 5.41) is 3.82. The summed E-state index contributed by atoms with van der Waals surface area (Å²) in [6.45, 7) is 3.67. The third-order valence-corrected chi connectivity index (χ3v) is 4.76. The number of rotatable bonds is 5. The summed E-state index contributed by atoms with van der Waals surface area (Å²) in [4.78, 5) is 14.5. The predicted octanol–water partition coefficient (Wildman–Crippen LogP) is 3.59. The van der Waals surface area contributed by atoms with Crippen molar-refractivity contribution in [1.82, 2.24) is 5.32 Å². The van der Waals surface area contributed by atoms with Crippen LogP contribution in [0.1, 0.15) is 17.5 Å². The molecule has 1 atom stereocenters. The quantitative estimate of drug-likeness (QED) is 0.888. The summed E-state index contributed by atoms with van der Waals surface area (Å²) in [7, 11) is 1.66. The molecule has 25 heavy (non-hydrogen) atoms. The van der Waals surface area contributed by atoms with E-state index in [1.807, 2.05) is 49.4 Å². The highest BCUT2D eigenvalue weighted by atomic mass is 35.5. The lowest BCUT2D eigenvalue weighted by Crippen LogP contribution is -2.38. The highest BCUT2D eigenvalue weighted by Gasteiger charge is 2.26. The Hall–Kier alpha value is -2.20. The number of amides is 1. The lowest BCUT2D eigenvalue weighted by molar-refractivity contribution is -0.121. The van der Waals surface area contributed by atoms with Crippen LogP contribution in [0.5, 0.6) is 5.75 Å². The molecule has 0 unspecified atom stereocenters. The first-order chi connectivity index (χ1) is 12.0. The molecule has 1 fully saturated rings. The molecular weight excluding hydrogens is 336 g/mol. The molecule has 0 spiro atoms. The molecule has 132 valence electrons. The highest BCUT2D eigenvalue weighted by molar-refractivity contribution is 6.30. The van der Waals surface area contributed by atoms with E-state index in [0.717, 1.165) is 36.5 Å². The summed E-state index contributed by atoms with van der Waals surface area (Å²) >= 11 is 6.12. The third kappa shape index (κ3) is 4.45. The van der Waals surface area contributed by atoms with Gasteiger partial charge in [0, 0.05) is 24.2 Å². The van der Waals surface area contributed by atoms with Gasteiger partial charge in [-0.15, -0.1) is 0 Å². The zero-order chi connectivity index (χ0) is 17.8. The Balaban J connectivity index is 1.58. The molecule has 5 heteroatoms. The third-order valence-electron chi connectivity index (χ3n) is 4.52. The first kappa shape index (κ1) is 17.6. The fourth-order valence-electron chi connectivity index (χ4n) is 3.18. The summed E-state index contributed by atoms with van der Waals surface area (Å²) in [6.07, 6.45) is 1.33. The number of nitrogens with one attached hydrogen (secondary N) is 1. The molecule has 0 aliphatic carbocycles. The smallest absolute Gasteiger partial charge is 0.224 e. The van der Waals surface area contributed by atoms with E-state index in [1.165, 1.54) is 5.56 Å². The van der Waals surface area contributed by atoms with Gasteiger partial charge < -0.3 is 15.0 Å². The molecule has 1 N–H and O–H groups in total. The first-order valence-corrected chi connectivity index (χ1v) is 8.86. The second-order valence-corrected chi connectivity index (χ2v) is 6.91. The largest absolute Gasteiger partial charge is 0.495 e. The van der Waals surface area contributed by atoms with Crippen LogP contribution in [-0.2, 0) is 11.2 Å². The SMILES string of the molecule is COc1ccc(Cl)cc1N1CC[C@@H](NC(=O)Cc2ccc(C)cc2)C1. The standard InChI is InChI=1S/C20H23ClN2O2/c1-14-3-5-15(6-4-14)11-20(24)22-17-9-10-23(13-17)18-12-16(21)7-8-19(18)25-2/h3-8,12,17H,9-11,13H2,1-2H3,(H,22,24)/t17-/m1/s1. The van der Waals surface area contributed by atoms with Gasteiger partial charge in [-0.25, -0.2) is 0 Å². The number of hydrogen-bond acceptors (Lipinski definition) is 3. The van der Waals surface area contributed by atoms with Crippen molar-refractivity contribution < 1.29 is 9.53 Å². The van der Waals surface area contributed by atoms with Gasteiger partial charge in [0.05, 0.1) is 19.2 Å². The van der Waals surface area contributed by atoms with Gasteiger partial charge >= 0.3 is 0 Å². The number of carbonyl (C=O) groups excluding carboxylic acids is 1. The number of nitrogens with zero attached hydrogens (tertiary/aromatic N) is 1. The zero-order valence-electron chi connectivity index (χ0n) is 14.6. The zero-order valence-corrected chi connectivity index (χ0v) is 15.3.